The third-order valence-electron chi connectivity index (χ3n) is 6.07. The zero-order valence-electron chi connectivity index (χ0n) is 25.1. The molecule has 0 aliphatic rings. The van der Waals surface area contributed by atoms with Crippen molar-refractivity contribution in [3.8, 4) is 0 Å². The Morgan fingerprint density at radius 2 is 0.725 bits per heavy atom. The Morgan fingerprint density at radius 1 is 0.325 bits per heavy atom. The van der Waals surface area contributed by atoms with E-state index in [1.165, 1.54) is 41.5 Å². The molecular weight excluding hydrogens is 508 g/mol. The van der Waals surface area contributed by atoms with E-state index in [4.69, 9.17) is 0 Å². The fourth-order valence-electron chi connectivity index (χ4n) is 3.46. The fraction of sp³-hybridized carbons (Fsp3) is 0.333. The summed E-state index contributed by atoms with van der Waals surface area (Å²) in [7, 11) is 0. The molecule has 0 N–H and O–H groups in total. The lowest BCUT2D eigenvalue weighted by atomic mass is 10.0. The van der Waals surface area contributed by atoms with Crippen molar-refractivity contribution in [2.24, 2.45) is 0 Å². The second kappa shape index (κ2) is 18.0. The van der Waals surface area contributed by atoms with Gasteiger partial charge in [-0.05, 0) is 82.3 Å². The Balaban J connectivity index is 0.000000267. The van der Waals surface area contributed by atoms with Crippen molar-refractivity contribution < 1.29 is 17.6 Å². The standard InChI is InChI=1S/C9H10F2.2C9H11F.C9H12/c1-6(2)7-3-8(10)5-9(11)4-7;1-7(2)8-3-5-9(10)6-4-8;1-7(2)8-4-3-5-9(10)6-8;1-8(2)9-6-4-3-5-7-9/h3-6H,1-2H3;2*3-7H,1-2H3;3-8H,1-2H3. The predicted molar refractivity (Wildman–Crippen MR) is 162 cm³/mol. The molecule has 0 bridgehead atoms. The molecule has 4 heteroatoms. The largest absolute Gasteiger partial charge is 0.207 e. The normalized spacial score (nSPS) is 10.4. The number of hydrogen-bond acceptors (Lipinski definition) is 0. The van der Waals surface area contributed by atoms with Crippen LogP contribution in [0.2, 0.25) is 0 Å². The van der Waals surface area contributed by atoms with Gasteiger partial charge in [0.05, 0.1) is 0 Å². The first-order valence-electron chi connectivity index (χ1n) is 13.8. The van der Waals surface area contributed by atoms with Crippen LogP contribution in [0.1, 0.15) is 101 Å². The fourth-order valence-corrected chi connectivity index (χ4v) is 3.46. The van der Waals surface area contributed by atoms with Crippen LogP contribution in [-0.4, -0.2) is 0 Å². The lowest BCUT2D eigenvalue weighted by molar-refractivity contribution is 0.577. The highest BCUT2D eigenvalue weighted by molar-refractivity contribution is 5.21. The molecule has 0 atom stereocenters. The van der Waals surface area contributed by atoms with Crippen LogP contribution in [0.5, 0.6) is 0 Å². The highest BCUT2D eigenvalue weighted by Crippen LogP contribution is 2.17. The molecular formula is C36H44F4. The molecule has 0 amide bonds. The van der Waals surface area contributed by atoms with E-state index >= 15 is 0 Å². The SMILES string of the molecule is CC(C)c1cc(F)cc(F)c1.CC(C)c1ccc(F)cc1.CC(C)c1cccc(F)c1.CC(C)c1ccccc1. The average molecular weight is 553 g/mol. The lowest BCUT2D eigenvalue weighted by Crippen LogP contribution is -1.90. The molecule has 4 aromatic rings. The van der Waals surface area contributed by atoms with Crippen molar-refractivity contribution in [1.29, 1.82) is 0 Å². The molecule has 0 spiro atoms. The van der Waals surface area contributed by atoms with Gasteiger partial charge in [-0.3, -0.25) is 0 Å². The van der Waals surface area contributed by atoms with Crippen LogP contribution in [0.4, 0.5) is 17.6 Å². The molecule has 0 nitrogen and oxygen atoms in total. The van der Waals surface area contributed by atoms with E-state index in [2.05, 4.69) is 65.8 Å². The maximum Gasteiger partial charge on any atom is 0.126 e. The van der Waals surface area contributed by atoms with Crippen LogP contribution in [-0.2, 0) is 0 Å². The summed E-state index contributed by atoms with van der Waals surface area (Å²) < 4.78 is 50.0. The summed E-state index contributed by atoms with van der Waals surface area (Å²) in [5.74, 6) is 0.403. The van der Waals surface area contributed by atoms with Gasteiger partial charge in [0, 0.05) is 6.07 Å². The molecule has 0 saturated carbocycles. The topological polar surface area (TPSA) is 0 Å². The molecule has 4 rings (SSSR count). The van der Waals surface area contributed by atoms with Crippen LogP contribution < -0.4 is 0 Å². The van der Waals surface area contributed by atoms with Crippen LogP contribution in [0.15, 0.2) is 97.1 Å². The van der Waals surface area contributed by atoms with Crippen molar-refractivity contribution >= 4 is 0 Å². The van der Waals surface area contributed by atoms with E-state index in [-0.39, 0.29) is 17.6 Å². The maximum absolute atomic E-state index is 12.5. The van der Waals surface area contributed by atoms with Crippen molar-refractivity contribution in [2.75, 3.05) is 0 Å². The monoisotopic (exact) mass is 552 g/mol. The van der Waals surface area contributed by atoms with Crippen molar-refractivity contribution in [1.82, 2.24) is 0 Å². The summed E-state index contributed by atoms with van der Waals surface area (Å²) in [5, 5.41) is 0. The van der Waals surface area contributed by atoms with E-state index < -0.39 is 11.6 Å². The Labute approximate surface area is 239 Å². The molecule has 0 radical (unpaired) electrons. The molecule has 40 heavy (non-hydrogen) atoms. The van der Waals surface area contributed by atoms with Gasteiger partial charge in [-0.25, -0.2) is 17.6 Å². The van der Waals surface area contributed by atoms with Crippen molar-refractivity contribution in [3.63, 3.8) is 0 Å². The molecule has 0 saturated heterocycles. The van der Waals surface area contributed by atoms with Gasteiger partial charge in [-0.2, -0.15) is 0 Å². The maximum atomic E-state index is 12.5. The van der Waals surface area contributed by atoms with Crippen LogP contribution in [0.25, 0.3) is 0 Å². The first-order chi connectivity index (χ1) is 18.8. The third-order valence-corrected chi connectivity index (χ3v) is 6.07. The first kappa shape index (κ1) is 34.6. The Hall–Kier alpha value is -3.40. The minimum absolute atomic E-state index is 0.147. The van der Waals surface area contributed by atoms with E-state index in [0.717, 1.165) is 11.6 Å². The van der Waals surface area contributed by atoms with Crippen LogP contribution in [0.3, 0.4) is 0 Å². The summed E-state index contributed by atoms with van der Waals surface area (Å²) in [6.07, 6.45) is 0. The summed E-state index contributed by atoms with van der Waals surface area (Å²) in [6.45, 7) is 16.5. The number of rotatable bonds is 4. The van der Waals surface area contributed by atoms with E-state index in [0.29, 0.717) is 23.3 Å². The van der Waals surface area contributed by atoms with Gasteiger partial charge in [0.1, 0.15) is 23.3 Å². The third kappa shape index (κ3) is 14.1. The minimum atomic E-state index is -0.506. The molecule has 0 fully saturated rings. The summed E-state index contributed by atoms with van der Waals surface area (Å²) in [4.78, 5) is 0. The summed E-state index contributed by atoms with van der Waals surface area (Å²) >= 11 is 0. The first-order valence-corrected chi connectivity index (χ1v) is 13.8. The van der Waals surface area contributed by atoms with E-state index in [9.17, 15) is 17.6 Å². The predicted octanol–water partition coefficient (Wildman–Crippen LogP) is 11.8. The van der Waals surface area contributed by atoms with Gasteiger partial charge in [-0.1, -0.05) is 110 Å². The summed E-state index contributed by atoms with van der Waals surface area (Å²) in [6, 6.07) is 27.5. The quantitative estimate of drug-likeness (QED) is 0.221. The molecule has 0 aliphatic carbocycles. The molecule has 4 aromatic carbocycles. The lowest BCUT2D eigenvalue weighted by Gasteiger charge is -2.04. The van der Waals surface area contributed by atoms with E-state index in [1.54, 1.807) is 12.1 Å². The summed E-state index contributed by atoms with van der Waals surface area (Å²) in [5.41, 5.74) is 4.35. The van der Waals surface area contributed by atoms with Gasteiger partial charge in [-0.15, -0.1) is 0 Å². The van der Waals surface area contributed by atoms with Gasteiger partial charge < -0.3 is 0 Å². The highest BCUT2D eigenvalue weighted by atomic mass is 19.1. The molecule has 0 unspecified atom stereocenters. The van der Waals surface area contributed by atoms with Crippen LogP contribution in [0, 0.1) is 23.3 Å². The van der Waals surface area contributed by atoms with Gasteiger partial charge in [0.25, 0.3) is 0 Å². The zero-order chi connectivity index (χ0) is 30.2. The molecule has 216 valence electrons. The zero-order valence-corrected chi connectivity index (χ0v) is 25.1. The highest BCUT2D eigenvalue weighted by Gasteiger charge is 2.03. The Morgan fingerprint density at radius 3 is 1.10 bits per heavy atom. The number of benzene rings is 4. The van der Waals surface area contributed by atoms with Gasteiger partial charge >= 0.3 is 0 Å². The van der Waals surface area contributed by atoms with Gasteiger partial charge in [0.2, 0.25) is 0 Å². The average Bonchev–Trinajstić information content (AvgIpc) is 2.90. The Bertz CT molecular complexity index is 1210. The minimum Gasteiger partial charge on any atom is -0.207 e. The Kier molecular flexibility index (Phi) is 15.6. The van der Waals surface area contributed by atoms with Gasteiger partial charge in [0.15, 0.2) is 0 Å². The molecule has 0 aromatic heterocycles. The number of halogens is 4. The second-order valence-electron chi connectivity index (χ2n) is 10.8. The molecule has 0 aliphatic heterocycles. The van der Waals surface area contributed by atoms with Crippen LogP contribution >= 0.6 is 0 Å². The smallest absolute Gasteiger partial charge is 0.126 e. The van der Waals surface area contributed by atoms with Crippen molar-refractivity contribution in [2.45, 2.75) is 79.1 Å². The second-order valence-corrected chi connectivity index (χ2v) is 10.8. The van der Waals surface area contributed by atoms with Crippen molar-refractivity contribution in [3.05, 3.63) is 143 Å². The van der Waals surface area contributed by atoms with E-state index in [1.807, 2.05) is 38.1 Å². The molecule has 0 heterocycles. The number of hydrogen-bond donors (Lipinski definition) is 0.